The number of rotatable bonds is 2. The van der Waals surface area contributed by atoms with Crippen LogP contribution in [0.5, 0.6) is 11.5 Å². The summed E-state index contributed by atoms with van der Waals surface area (Å²) in [5, 5.41) is 19.1. The molecular formula is C21H22F5NO6. The smallest absolute Gasteiger partial charge is 0.465 e. The molecule has 4 atom stereocenters. The van der Waals surface area contributed by atoms with Crippen LogP contribution < -0.4 is 9.47 Å². The number of likely N-dealkylation sites (N-methyl/N-ethyl adjacent to an activating group) is 1. The van der Waals surface area contributed by atoms with E-state index in [-0.39, 0.29) is 11.8 Å². The summed E-state index contributed by atoms with van der Waals surface area (Å²) in [6.45, 7) is 0.871. The number of hydrogen-bond acceptors (Lipinski definition) is 6. The molecule has 2 aliphatic carbocycles. The lowest BCUT2D eigenvalue weighted by atomic mass is 9.49. The van der Waals surface area contributed by atoms with E-state index < -0.39 is 35.2 Å². The van der Waals surface area contributed by atoms with Crippen molar-refractivity contribution < 1.29 is 51.2 Å². The van der Waals surface area contributed by atoms with Gasteiger partial charge in [-0.2, -0.15) is 22.0 Å². The van der Waals surface area contributed by atoms with Crippen LogP contribution in [0.3, 0.4) is 0 Å². The number of benzene rings is 1. The van der Waals surface area contributed by atoms with E-state index >= 15 is 0 Å². The Morgan fingerprint density at radius 3 is 2.45 bits per heavy atom. The molecule has 33 heavy (non-hydrogen) atoms. The van der Waals surface area contributed by atoms with Crippen molar-refractivity contribution in [3.63, 3.8) is 0 Å². The number of piperidine rings is 1. The summed E-state index contributed by atoms with van der Waals surface area (Å²) >= 11 is 0. The van der Waals surface area contributed by atoms with Gasteiger partial charge in [-0.05, 0) is 44.5 Å². The molecule has 2 N–H and O–H groups in total. The van der Waals surface area contributed by atoms with Crippen molar-refractivity contribution in [1.82, 2.24) is 4.90 Å². The Hall–Kier alpha value is -2.47. The number of likely N-dealkylation sites (tertiary alicyclic amines) is 1. The highest BCUT2D eigenvalue weighted by molar-refractivity contribution is 5.90. The van der Waals surface area contributed by atoms with Gasteiger partial charge in [0.15, 0.2) is 23.4 Å². The van der Waals surface area contributed by atoms with Gasteiger partial charge in [-0.1, -0.05) is 6.07 Å². The van der Waals surface area contributed by atoms with E-state index in [1.54, 1.807) is 7.11 Å². The number of Topliss-reactive ketones (excluding diaryl/α,β-unsaturated/α-hetero) is 1. The van der Waals surface area contributed by atoms with Crippen LogP contribution in [-0.4, -0.2) is 77.4 Å². The summed E-state index contributed by atoms with van der Waals surface area (Å²) in [5.74, 6) is -7.37. The van der Waals surface area contributed by atoms with Crippen LogP contribution in [0.1, 0.15) is 30.4 Å². The molecule has 0 aromatic heterocycles. The molecule has 0 unspecified atom stereocenters. The summed E-state index contributed by atoms with van der Waals surface area (Å²) in [7, 11) is 3.70. The van der Waals surface area contributed by atoms with Crippen molar-refractivity contribution in [1.29, 1.82) is 0 Å². The third-order valence-electron chi connectivity index (χ3n) is 7.35. The zero-order valence-electron chi connectivity index (χ0n) is 17.7. The van der Waals surface area contributed by atoms with Crippen molar-refractivity contribution in [2.24, 2.45) is 0 Å². The van der Waals surface area contributed by atoms with Gasteiger partial charge in [0.1, 0.15) is 0 Å². The second-order valence-electron chi connectivity index (χ2n) is 8.82. The average molecular weight is 479 g/mol. The predicted molar refractivity (Wildman–Crippen MR) is 102 cm³/mol. The molecule has 7 nitrogen and oxygen atoms in total. The first-order valence-corrected chi connectivity index (χ1v) is 10.2. The lowest BCUT2D eigenvalue weighted by Gasteiger charge is -2.62. The summed E-state index contributed by atoms with van der Waals surface area (Å²) in [6.07, 6.45) is -4.12. The molecule has 4 aliphatic rings. The van der Waals surface area contributed by atoms with Gasteiger partial charge in [-0.15, -0.1) is 0 Å². The Morgan fingerprint density at radius 2 is 1.91 bits per heavy atom. The highest BCUT2D eigenvalue weighted by Crippen LogP contribution is 2.64. The van der Waals surface area contributed by atoms with Crippen molar-refractivity contribution >= 4 is 11.8 Å². The third kappa shape index (κ3) is 2.99. The number of ketones is 1. The molecule has 5 rings (SSSR count). The topological polar surface area (TPSA) is 96.3 Å². The second-order valence-corrected chi connectivity index (χ2v) is 8.82. The first-order chi connectivity index (χ1) is 15.2. The maximum Gasteiger partial charge on any atom is 0.465 e. The number of carboxylic acid groups (broad SMARTS) is 1. The van der Waals surface area contributed by atoms with Crippen molar-refractivity contribution in [3.05, 3.63) is 23.3 Å². The Morgan fingerprint density at radius 1 is 1.24 bits per heavy atom. The number of carbonyl (C=O) groups is 2. The second kappa shape index (κ2) is 7.26. The van der Waals surface area contributed by atoms with Crippen molar-refractivity contribution in [2.45, 2.75) is 60.9 Å². The quantitative estimate of drug-likeness (QED) is 0.629. The zero-order valence-corrected chi connectivity index (χ0v) is 17.7. The molecule has 2 heterocycles. The van der Waals surface area contributed by atoms with E-state index in [4.69, 9.17) is 14.6 Å². The number of methoxy groups -OCH3 is 1. The number of hydrogen-bond donors (Lipinski definition) is 2. The van der Waals surface area contributed by atoms with Crippen LogP contribution in [0.25, 0.3) is 0 Å². The fourth-order valence-corrected chi connectivity index (χ4v) is 5.81. The first-order valence-electron chi connectivity index (χ1n) is 10.2. The maximum atomic E-state index is 12.7. The number of carboxylic acids is 1. The van der Waals surface area contributed by atoms with Gasteiger partial charge < -0.3 is 24.6 Å². The van der Waals surface area contributed by atoms with E-state index in [9.17, 15) is 36.6 Å². The molecule has 2 fully saturated rings. The van der Waals surface area contributed by atoms with Gasteiger partial charge in [0.25, 0.3) is 0 Å². The van der Waals surface area contributed by atoms with Crippen molar-refractivity contribution in [2.75, 3.05) is 20.7 Å². The van der Waals surface area contributed by atoms with E-state index in [0.717, 1.165) is 24.9 Å². The molecule has 182 valence electrons. The van der Waals surface area contributed by atoms with Crippen LogP contribution in [0.2, 0.25) is 0 Å². The molecule has 0 radical (unpaired) electrons. The van der Waals surface area contributed by atoms with Gasteiger partial charge in [-0.3, -0.25) is 4.79 Å². The summed E-state index contributed by atoms with van der Waals surface area (Å²) in [5.41, 5.74) is 0.737. The number of carbonyl (C=O) groups excluding carboxylic acids is 1. The molecule has 1 aromatic rings. The zero-order chi connectivity index (χ0) is 24.6. The predicted octanol–water partition coefficient (Wildman–Crippen LogP) is 2.32. The van der Waals surface area contributed by atoms with E-state index in [0.29, 0.717) is 24.3 Å². The standard InChI is InChI=1S/C18H21NO4.C3HF5O2/c1-19-8-7-17-14-10-3-4-12(22-2)15(14)23-16(17)11(20)5-6-18(17,21)13(19)9-10;4-2(5,1(9)10)3(6,7)8/h3-4,13,16,21H,5-9H2,1-2H3;(H,9,10)/t13-,16+,17+,18-;/m1./s1. The van der Waals surface area contributed by atoms with Gasteiger partial charge in [-0.25, -0.2) is 4.79 Å². The Kier molecular flexibility index (Phi) is 5.21. The minimum absolute atomic E-state index is 0.0438. The number of nitrogens with zero attached hydrogens (tertiary/aromatic N) is 1. The first kappa shape index (κ1) is 23.7. The summed E-state index contributed by atoms with van der Waals surface area (Å²) in [4.78, 5) is 24.1. The molecule has 1 saturated heterocycles. The summed E-state index contributed by atoms with van der Waals surface area (Å²) < 4.78 is 67.2. The minimum atomic E-state index is -6.02. The monoisotopic (exact) mass is 479 g/mol. The molecule has 2 aliphatic heterocycles. The fraction of sp³-hybridized carbons (Fsp3) is 0.619. The average Bonchev–Trinajstić information content (AvgIpc) is 3.09. The largest absolute Gasteiger partial charge is 0.493 e. The maximum absolute atomic E-state index is 12.7. The van der Waals surface area contributed by atoms with E-state index in [2.05, 4.69) is 18.0 Å². The highest BCUT2D eigenvalue weighted by Gasteiger charge is 2.72. The summed E-state index contributed by atoms with van der Waals surface area (Å²) in [6, 6.07) is 4.05. The lowest BCUT2D eigenvalue weighted by molar-refractivity contribution is -0.277. The lowest BCUT2D eigenvalue weighted by Crippen LogP contribution is -2.76. The Balaban J connectivity index is 0.000000223. The fourth-order valence-electron chi connectivity index (χ4n) is 5.81. The highest BCUT2D eigenvalue weighted by atomic mass is 19.4. The van der Waals surface area contributed by atoms with Crippen LogP contribution in [0, 0.1) is 0 Å². The minimum Gasteiger partial charge on any atom is -0.493 e. The molecule has 2 bridgehead atoms. The number of alkyl halides is 5. The Labute approximate surface area is 185 Å². The van der Waals surface area contributed by atoms with E-state index in [1.807, 2.05) is 6.07 Å². The number of ether oxygens (including phenoxy) is 2. The van der Waals surface area contributed by atoms with Crippen LogP contribution >= 0.6 is 0 Å². The van der Waals surface area contributed by atoms with Gasteiger partial charge >= 0.3 is 18.1 Å². The van der Waals surface area contributed by atoms with Gasteiger partial charge in [0.2, 0.25) is 0 Å². The normalized spacial score (nSPS) is 32.3. The van der Waals surface area contributed by atoms with Crippen LogP contribution in [0.15, 0.2) is 12.1 Å². The SMILES string of the molecule is COc1ccc2c3c1O[C@H]1C(=O)CC[C@@]4(O)[C@@H](C2)N(C)CC[C@]314.O=C(O)C(F)(F)C(F)(F)F. The molecule has 1 aromatic carbocycles. The van der Waals surface area contributed by atoms with Crippen molar-refractivity contribution in [3.8, 4) is 11.5 Å². The van der Waals surface area contributed by atoms with Gasteiger partial charge in [0.05, 0.1) is 18.1 Å². The third-order valence-corrected chi connectivity index (χ3v) is 7.35. The molecule has 12 heteroatoms. The number of aliphatic carboxylic acids is 1. The van der Waals surface area contributed by atoms with Crippen LogP contribution in [-0.2, 0) is 21.4 Å². The molecule has 1 spiro atoms. The molecular weight excluding hydrogens is 457 g/mol. The van der Waals surface area contributed by atoms with Crippen LogP contribution in [0.4, 0.5) is 22.0 Å². The molecule has 0 amide bonds. The van der Waals surface area contributed by atoms with E-state index in [1.165, 1.54) is 5.56 Å². The van der Waals surface area contributed by atoms with Gasteiger partial charge in [0, 0.05) is 18.0 Å². The number of aliphatic hydroxyl groups is 1. The Bertz CT molecular complexity index is 1010. The number of halogens is 5. The molecule has 1 saturated carbocycles.